The quantitative estimate of drug-likeness (QED) is 0.146. The molecule has 0 aromatic rings. The highest BCUT2D eigenvalue weighted by molar-refractivity contribution is 7.87. The first kappa shape index (κ1) is 29.7. The molecule has 0 aliphatic heterocycles. The monoisotopic (exact) mass is 526 g/mol. The second kappa shape index (κ2) is 10.8. The Bertz CT molecular complexity index is 812. The maximum Gasteiger partial charge on any atom is 0.534 e. The van der Waals surface area contributed by atoms with E-state index in [0.29, 0.717) is 24.7 Å². The fraction of sp³-hybridized carbons (Fsp3) is 0.920. The number of halogens is 3. The molecule has 0 aromatic heterocycles. The molecule has 1 fully saturated rings. The summed E-state index contributed by atoms with van der Waals surface area (Å²) in [6, 6.07) is 3.39. The van der Waals surface area contributed by atoms with Crippen molar-refractivity contribution in [2.24, 2.45) is 23.2 Å². The lowest BCUT2D eigenvalue weighted by atomic mass is 9.63. The van der Waals surface area contributed by atoms with E-state index in [4.69, 9.17) is 4.43 Å². The molecule has 4 nitrogen and oxygen atoms in total. The summed E-state index contributed by atoms with van der Waals surface area (Å²) in [5.74, 6) is 0.443. The molecule has 1 saturated carbocycles. The van der Waals surface area contributed by atoms with Gasteiger partial charge in [-0.1, -0.05) is 47.5 Å². The smallest absolute Gasteiger partial charge is 0.412 e. The van der Waals surface area contributed by atoms with E-state index >= 15 is 0 Å². The first-order valence-corrected chi connectivity index (χ1v) is 16.9. The van der Waals surface area contributed by atoms with E-state index in [2.05, 4.69) is 52.6 Å². The molecule has 0 spiro atoms. The molecule has 200 valence electrons. The van der Waals surface area contributed by atoms with Crippen LogP contribution in [0.15, 0.2) is 11.8 Å². The molecule has 0 heterocycles. The minimum atomic E-state index is -5.63. The Morgan fingerprint density at radius 1 is 1.15 bits per heavy atom. The Kier molecular flexibility index (Phi) is 9.46. The van der Waals surface area contributed by atoms with Gasteiger partial charge in [-0.3, -0.25) is 0 Å². The lowest BCUT2D eigenvalue weighted by Crippen LogP contribution is -2.44. The first-order valence-electron chi connectivity index (χ1n) is 13.0. The molecule has 0 aromatic carbocycles. The van der Waals surface area contributed by atoms with Crippen LogP contribution in [0.4, 0.5) is 13.2 Å². The summed E-state index contributed by atoms with van der Waals surface area (Å²) in [4.78, 5) is 0. The summed E-state index contributed by atoms with van der Waals surface area (Å²) in [6.07, 6.45) is 7.53. The first-order chi connectivity index (χ1) is 15.6. The molecular weight excluding hydrogens is 481 g/mol. The van der Waals surface area contributed by atoms with Crippen molar-refractivity contribution in [3.8, 4) is 0 Å². The Labute approximate surface area is 206 Å². The van der Waals surface area contributed by atoms with Gasteiger partial charge in [0.25, 0.3) is 0 Å². The molecular formula is C25H45F3O4SSi. The van der Waals surface area contributed by atoms with Gasteiger partial charge in [0.2, 0.25) is 0 Å². The standard InChI is InChI=1S/C25H45F3O4SSi/c1-8-34(9-2,10-3)32-23(5,6)17-11-13-19(4)20-15-16-21-22(14-12-18-24(20,21)7)31-33(29,30)25(26,27)28/h14,19-21H,8-13,15-18H2,1-7H3/t19-,20?,21?,24+/m0/s1. The van der Waals surface area contributed by atoms with Gasteiger partial charge in [-0.15, -0.1) is 0 Å². The van der Waals surface area contributed by atoms with Gasteiger partial charge in [0.05, 0.1) is 5.60 Å². The molecule has 4 atom stereocenters. The fourth-order valence-corrected chi connectivity index (χ4v) is 10.4. The molecule has 0 radical (unpaired) electrons. The van der Waals surface area contributed by atoms with Crippen LogP contribution >= 0.6 is 0 Å². The highest BCUT2D eigenvalue weighted by Crippen LogP contribution is 2.59. The minimum Gasteiger partial charge on any atom is -0.412 e. The summed E-state index contributed by atoms with van der Waals surface area (Å²) < 4.78 is 73.3. The van der Waals surface area contributed by atoms with Crippen LogP contribution in [-0.2, 0) is 18.7 Å². The molecule has 0 N–H and O–H groups in total. The van der Waals surface area contributed by atoms with Crippen molar-refractivity contribution in [2.75, 3.05) is 0 Å². The van der Waals surface area contributed by atoms with Gasteiger partial charge in [0.1, 0.15) is 5.76 Å². The average Bonchev–Trinajstić information content (AvgIpc) is 3.09. The lowest BCUT2D eigenvalue weighted by molar-refractivity contribution is -0.0536. The van der Waals surface area contributed by atoms with Crippen LogP contribution in [0.3, 0.4) is 0 Å². The number of alkyl halides is 3. The number of allylic oxidation sites excluding steroid dienone is 2. The SMILES string of the molecule is CC[Si](CC)(CC)OC(C)(C)CCC[C@H](C)C1CCC2C(OS(=O)(=O)C(F)(F)F)=CCC[C@@]21C. The zero-order chi connectivity index (χ0) is 26.0. The maximum absolute atomic E-state index is 12.9. The Hall–Kier alpha value is -0.543. The van der Waals surface area contributed by atoms with Crippen molar-refractivity contribution in [3.63, 3.8) is 0 Å². The zero-order valence-electron chi connectivity index (χ0n) is 22.1. The molecule has 2 unspecified atom stereocenters. The highest BCUT2D eigenvalue weighted by Gasteiger charge is 2.55. The van der Waals surface area contributed by atoms with Crippen LogP contribution in [0, 0.1) is 23.2 Å². The van der Waals surface area contributed by atoms with E-state index in [1.54, 1.807) is 6.08 Å². The Morgan fingerprint density at radius 3 is 2.26 bits per heavy atom. The van der Waals surface area contributed by atoms with Gasteiger partial charge >= 0.3 is 15.6 Å². The van der Waals surface area contributed by atoms with Crippen LogP contribution in [0.2, 0.25) is 18.1 Å². The summed E-state index contributed by atoms with van der Waals surface area (Å²) >= 11 is 0. The molecule has 0 amide bonds. The Morgan fingerprint density at radius 2 is 1.74 bits per heavy atom. The lowest BCUT2D eigenvalue weighted by Gasteiger charge is -2.43. The van der Waals surface area contributed by atoms with Crippen molar-refractivity contribution in [3.05, 3.63) is 11.8 Å². The number of fused-ring (bicyclic) bond motifs is 1. The van der Waals surface area contributed by atoms with E-state index < -0.39 is 23.9 Å². The third kappa shape index (κ3) is 6.41. The van der Waals surface area contributed by atoms with Crippen molar-refractivity contribution in [1.82, 2.24) is 0 Å². The van der Waals surface area contributed by atoms with Gasteiger partial charge in [0, 0.05) is 5.92 Å². The normalized spacial score (nSPS) is 27.3. The second-order valence-electron chi connectivity index (χ2n) is 11.3. The summed E-state index contributed by atoms with van der Waals surface area (Å²) in [6.45, 7) is 15.5. The van der Waals surface area contributed by atoms with Gasteiger partial charge < -0.3 is 8.61 Å². The largest absolute Gasteiger partial charge is 0.534 e. The molecule has 9 heteroatoms. The van der Waals surface area contributed by atoms with Crippen LogP contribution in [-0.4, -0.2) is 27.8 Å². The predicted octanol–water partition coefficient (Wildman–Crippen LogP) is 8.17. The van der Waals surface area contributed by atoms with Crippen LogP contribution < -0.4 is 0 Å². The van der Waals surface area contributed by atoms with Gasteiger partial charge in [-0.25, -0.2) is 0 Å². The zero-order valence-corrected chi connectivity index (χ0v) is 23.9. The van der Waals surface area contributed by atoms with E-state index in [-0.39, 0.29) is 22.7 Å². The van der Waals surface area contributed by atoms with Gasteiger partial charge in [-0.05, 0) is 87.4 Å². The topological polar surface area (TPSA) is 52.6 Å². The molecule has 34 heavy (non-hydrogen) atoms. The number of rotatable bonds is 12. The number of hydrogen-bond acceptors (Lipinski definition) is 4. The van der Waals surface area contributed by atoms with E-state index in [1.165, 1.54) is 0 Å². The molecule has 0 bridgehead atoms. The summed E-state index contributed by atoms with van der Waals surface area (Å²) in [5, 5.41) is 0. The maximum atomic E-state index is 12.9. The van der Waals surface area contributed by atoms with Crippen molar-refractivity contribution in [1.29, 1.82) is 0 Å². The minimum absolute atomic E-state index is 0.00435. The summed E-state index contributed by atoms with van der Waals surface area (Å²) in [5.41, 5.74) is -5.81. The van der Waals surface area contributed by atoms with E-state index in [0.717, 1.165) is 50.2 Å². The highest BCUT2D eigenvalue weighted by atomic mass is 32.2. The number of hydrogen-bond donors (Lipinski definition) is 0. The van der Waals surface area contributed by atoms with Gasteiger partial charge in [-0.2, -0.15) is 21.6 Å². The van der Waals surface area contributed by atoms with Crippen LogP contribution in [0.25, 0.3) is 0 Å². The van der Waals surface area contributed by atoms with E-state index in [1.807, 2.05) is 0 Å². The molecule has 2 aliphatic carbocycles. The Balaban J connectivity index is 2.01. The van der Waals surface area contributed by atoms with Crippen molar-refractivity contribution >= 4 is 18.4 Å². The second-order valence-corrected chi connectivity index (χ2v) is 17.6. The molecule has 2 aliphatic rings. The van der Waals surface area contributed by atoms with E-state index in [9.17, 15) is 21.6 Å². The average molecular weight is 527 g/mol. The van der Waals surface area contributed by atoms with Crippen molar-refractivity contribution in [2.45, 2.75) is 123 Å². The molecule has 2 rings (SSSR count). The van der Waals surface area contributed by atoms with Crippen LogP contribution in [0.1, 0.15) is 93.4 Å². The summed E-state index contributed by atoms with van der Waals surface area (Å²) in [7, 11) is -7.31. The third-order valence-electron chi connectivity index (χ3n) is 8.82. The fourth-order valence-electron chi connectivity index (χ4n) is 6.61. The predicted molar refractivity (Wildman–Crippen MR) is 133 cm³/mol. The van der Waals surface area contributed by atoms with Gasteiger partial charge in [0.15, 0.2) is 8.32 Å². The van der Waals surface area contributed by atoms with Crippen molar-refractivity contribution < 1.29 is 30.2 Å². The molecule has 0 saturated heterocycles. The third-order valence-corrected chi connectivity index (χ3v) is 14.7. The van der Waals surface area contributed by atoms with Crippen LogP contribution in [0.5, 0.6) is 0 Å².